The molecule has 0 unspecified atom stereocenters. The molecule has 0 spiro atoms. The van der Waals surface area contributed by atoms with E-state index in [1.54, 1.807) is 6.20 Å². The Morgan fingerprint density at radius 2 is 1.79 bits per heavy atom. The lowest BCUT2D eigenvalue weighted by Crippen LogP contribution is -2.06. The van der Waals surface area contributed by atoms with Crippen molar-refractivity contribution in [3.05, 3.63) is 88.3 Å². The van der Waals surface area contributed by atoms with Crippen molar-refractivity contribution in [2.75, 3.05) is 0 Å². The van der Waals surface area contributed by atoms with E-state index >= 15 is 0 Å². The van der Waals surface area contributed by atoms with E-state index in [2.05, 4.69) is 40.7 Å². The first-order valence-electron chi connectivity index (χ1n) is 7.91. The number of aromatic amines is 1. The molecule has 2 heterocycles. The van der Waals surface area contributed by atoms with Crippen LogP contribution < -0.4 is 5.56 Å². The third kappa shape index (κ3) is 2.52. The van der Waals surface area contributed by atoms with Crippen molar-refractivity contribution in [1.29, 1.82) is 0 Å². The Balaban J connectivity index is 1.92. The normalized spacial score (nSPS) is 11.0. The largest absolute Gasteiger partial charge is 0.328 e. The fraction of sp³-hybridized carbons (Fsp3) is 0.100. The van der Waals surface area contributed by atoms with E-state index in [0.29, 0.717) is 0 Å². The monoisotopic (exact) mass is 315 g/mol. The van der Waals surface area contributed by atoms with E-state index in [-0.39, 0.29) is 5.56 Å². The van der Waals surface area contributed by atoms with Crippen molar-refractivity contribution in [3.63, 3.8) is 0 Å². The van der Waals surface area contributed by atoms with Gasteiger partial charge in [-0.1, -0.05) is 36.4 Å². The molecule has 1 N–H and O–H groups in total. The molecule has 4 rings (SSSR count). The van der Waals surface area contributed by atoms with E-state index in [1.165, 1.54) is 17.2 Å². The Labute approximate surface area is 139 Å². The molecular weight excluding hydrogens is 298 g/mol. The van der Waals surface area contributed by atoms with Crippen LogP contribution in [0, 0.1) is 6.92 Å². The van der Waals surface area contributed by atoms with Crippen LogP contribution in [0.4, 0.5) is 0 Å². The molecule has 118 valence electrons. The second kappa shape index (κ2) is 5.81. The summed E-state index contributed by atoms with van der Waals surface area (Å²) >= 11 is 0. The lowest BCUT2D eigenvalue weighted by Gasteiger charge is -2.11. The number of nitrogens with one attached hydrogen (secondary N) is 1. The van der Waals surface area contributed by atoms with Crippen molar-refractivity contribution < 1.29 is 0 Å². The highest BCUT2D eigenvalue weighted by molar-refractivity contribution is 5.80. The van der Waals surface area contributed by atoms with Gasteiger partial charge in [0.2, 0.25) is 5.56 Å². The van der Waals surface area contributed by atoms with Gasteiger partial charge in [-0.3, -0.25) is 4.79 Å². The molecule has 24 heavy (non-hydrogen) atoms. The third-order valence-electron chi connectivity index (χ3n) is 4.29. The predicted octanol–water partition coefficient (Wildman–Crippen LogP) is 3.75. The number of hydrogen-bond acceptors (Lipinski definition) is 2. The molecular formula is C20H17N3O. The fourth-order valence-electron chi connectivity index (χ4n) is 2.96. The van der Waals surface area contributed by atoms with E-state index < -0.39 is 0 Å². The number of imidazole rings is 1. The smallest absolute Gasteiger partial charge is 0.247 e. The van der Waals surface area contributed by atoms with Gasteiger partial charge in [0.25, 0.3) is 0 Å². The molecule has 0 aliphatic carbocycles. The predicted molar refractivity (Wildman–Crippen MR) is 96.1 cm³/mol. The summed E-state index contributed by atoms with van der Waals surface area (Å²) in [7, 11) is 0. The topological polar surface area (TPSA) is 50.7 Å². The molecule has 0 radical (unpaired) electrons. The maximum absolute atomic E-state index is 11.4. The van der Waals surface area contributed by atoms with Crippen LogP contribution in [0.3, 0.4) is 0 Å². The van der Waals surface area contributed by atoms with Crippen molar-refractivity contribution in [2.45, 2.75) is 13.5 Å². The molecule has 2 aromatic carbocycles. The maximum Gasteiger partial charge on any atom is 0.247 e. The van der Waals surface area contributed by atoms with Gasteiger partial charge in [0.1, 0.15) is 5.82 Å². The Morgan fingerprint density at radius 3 is 2.58 bits per heavy atom. The van der Waals surface area contributed by atoms with Gasteiger partial charge in [0.15, 0.2) is 0 Å². The highest BCUT2D eigenvalue weighted by atomic mass is 16.1. The molecule has 4 aromatic rings. The number of aromatic nitrogens is 3. The standard InChI is InChI=1S/C20H17N3O/c1-14-6-2-3-7-16(14)13-23-18-9-5-4-8-17(18)22-20(23)15-10-11-19(24)21-12-15/h2-12H,13H2,1H3,(H,21,24). The van der Waals surface area contributed by atoms with Gasteiger partial charge < -0.3 is 9.55 Å². The highest BCUT2D eigenvalue weighted by Crippen LogP contribution is 2.25. The van der Waals surface area contributed by atoms with E-state index in [4.69, 9.17) is 4.98 Å². The number of aryl methyl sites for hydroxylation is 1. The third-order valence-corrected chi connectivity index (χ3v) is 4.29. The summed E-state index contributed by atoms with van der Waals surface area (Å²) in [4.78, 5) is 18.9. The van der Waals surface area contributed by atoms with Crippen LogP contribution in [-0.4, -0.2) is 14.5 Å². The van der Waals surface area contributed by atoms with Crippen molar-refractivity contribution in [3.8, 4) is 11.4 Å². The van der Waals surface area contributed by atoms with Gasteiger partial charge in [-0.05, 0) is 36.2 Å². The summed E-state index contributed by atoms with van der Waals surface area (Å²) in [6.07, 6.45) is 1.72. The average molecular weight is 315 g/mol. The van der Waals surface area contributed by atoms with Crippen LogP contribution in [0.1, 0.15) is 11.1 Å². The second-order valence-corrected chi connectivity index (χ2v) is 5.88. The highest BCUT2D eigenvalue weighted by Gasteiger charge is 2.13. The minimum Gasteiger partial charge on any atom is -0.328 e. The summed E-state index contributed by atoms with van der Waals surface area (Å²) in [6.45, 7) is 2.86. The van der Waals surface area contributed by atoms with E-state index in [0.717, 1.165) is 29.0 Å². The Bertz CT molecular complexity index is 1060. The SMILES string of the molecule is Cc1ccccc1Cn1c(-c2ccc(=O)[nH]c2)nc2ccccc21. The lowest BCUT2D eigenvalue weighted by molar-refractivity contribution is 0.827. The maximum atomic E-state index is 11.4. The minimum atomic E-state index is -0.111. The summed E-state index contributed by atoms with van der Waals surface area (Å²) < 4.78 is 2.20. The Kier molecular flexibility index (Phi) is 3.50. The van der Waals surface area contributed by atoms with Crippen LogP contribution in [0.15, 0.2) is 71.7 Å². The summed E-state index contributed by atoms with van der Waals surface area (Å²) in [6, 6.07) is 19.8. The number of nitrogens with zero attached hydrogens (tertiary/aromatic N) is 2. The quantitative estimate of drug-likeness (QED) is 0.626. The van der Waals surface area contributed by atoms with Crippen LogP contribution in [0.25, 0.3) is 22.4 Å². The molecule has 0 atom stereocenters. The minimum absolute atomic E-state index is 0.111. The van der Waals surface area contributed by atoms with Gasteiger partial charge in [-0.15, -0.1) is 0 Å². The van der Waals surface area contributed by atoms with Gasteiger partial charge in [0, 0.05) is 24.4 Å². The summed E-state index contributed by atoms with van der Waals surface area (Å²) in [5, 5.41) is 0. The van der Waals surface area contributed by atoms with Gasteiger partial charge in [-0.25, -0.2) is 4.98 Å². The second-order valence-electron chi connectivity index (χ2n) is 5.88. The number of fused-ring (bicyclic) bond motifs is 1. The van der Waals surface area contributed by atoms with Gasteiger partial charge in [-0.2, -0.15) is 0 Å². The first-order valence-corrected chi connectivity index (χ1v) is 7.91. The number of benzene rings is 2. The zero-order valence-corrected chi connectivity index (χ0v) is 13.4. The molecule has 0 fully saturated rings. The number of para-hydroxylation sites is 2. The Morgan fingerprint density at radius 1 is 1.00 bits per heavy atom. The van der Waals surface area contributed by atoms with Crippen LogP contribution in [0.2, 0.25) is 0 Å². The molecule has 0 saturated carbocycles. The van der Waals surface area contributed by atoms with Crippen LogP contribution in [-0.2, 0) is 6.54 Å². The molecule has 0 bridgehead atoms. The molecule has 0 aliphatic rings. The number of rotatable bonds is 3. The molecule has 0 saturated heterocycles. The van der Waals surface area contributed by atoms with Crippen LogP contribution >= 0.6 is 0 Å². The van der Waals surface area contributed by atoms with Crippen molar-refractivity contribution in [2.24, 2.45) is 0 Å². The fourth-order valence-corrected chi connectivity index (χ4v) is 2.96. The zero-order chi connectivity index (χ0) is 16.5. The number of H-pyrrole nitrogens is 1. The molecule has 4 heteroatoms. The summed E-state index contributed by atoms with van der Waals surface area (Å²) in [5.41, 5.74) is 5.34. The molecule has 0 amide bonds. The average Bonchev–Trinajstić information content (AvgIpc) is 2.96. The zero-order valence-electron chi connectivity index (χ0n) is 13.4. The van der Waals surface area contributed by atoms with Crippen LogP contribution in [0.5, 0.6) is 0 Å². The Hall–Kier alpha value is -3.14. The first-order chi connectivity index (χ1) is 11.7. The first kappa shape index (κ1) is 14.5. The van der Waals surface area contributed by atoms with E-state index in [1.807, 2.05) is 30.3 Å². The van der Waals surface area contributed by atoms with E-state index in [9.17, 15) is 4.79 Å². The van der Waals surface area contributed by atoms with Crippen molar-refractivity contribution >= 4 is 11.0 Å². The van der Waals surface area contributed by atoms with Crippen molar-refractivity contribution in [1.82, 2.24) is 14.5 Å². The molecule has 0 aliphatic heterocycles. The molecule has 2 aromatic heterocycles. The lowest BCUT2D eigenvalue weighted by atomic mass is 10.1. The van der Waals surface area contributed by atoms with Gasteiger partial charge >= 0.3 is 0 Å². The summed E-state index contributed by atoms with van der Waals surface area (Å²) in [5.74, 6) is 0.857. The molecule has 4 nitrogen and oxygen atoms in total. The number of hydrogen-bond donors (Lipinski definition) is 1. The van der Waals surface area contributed by atoms with Gasteiger partial charge in [0.05, 0.1) is 11.0 Å². The number of pyridine rings is 1.